The van der Waals surface area contributed by atoms with Crippen LogP contribution in [0, 0.1) is 0 Å². The van der Waals surface area contributed by atoms with E-state index in [0.717, 1.165) is 11.3 Å². The summed E-state index contributed by atoms with van der Waals surface area (Å²) in [5.74, 6) is 1.13. The average Bonchev–Trinajstić information content (AvgIpc) is 3.20. The normalized spacial score (nSPS) is 13.9. The highest BCUT2D eigenvalue weighted by atomic mass is 16.4. The van der Waals surface area contributed by atoms with Gasteiger partial charge in [-0.05, 0) is 31.2 Å². The minimum atomic E-state index is -1.06. The van der Waals surface area contributed by atoms with Gasteiger partial charge in [-0.25, -0.2) is 4.98 Å². The van der Waals surface area contributed by atoms with Crippen molar-refractivity contribution in [1.82, 2.24) is 10.3 Å². The molecule has 0 fully saturated rings. The van der Waals surface area contributed by atoms with Gasteiger partial charge in [0.05, 0.1) is 12.0 Å². The fourth-order valence-corrected chi connectivity index (χ4v) is 2.21. The van der Waals surface area contributed by atoms with Crippen molar-refractivity contribution < 1.29 is 13.9 Å². The third kappa shape index (κ3) is 3.27. The Balaban J connectivity index is 1.58. The van der Waals surface area contributed by atoms with Crippen molar-refractivity contribution in [1.29, 1.82) is 0 Å². The molecule has 0 radical (unpaired) electrons. The summed E-state index contributed by atoms with van der Waals surface area (Å²) in [4.78, 5) is 4.43. The van der Waals surface area contributed by atoms with Crippen molar-refractivity contribution in [2.24, 2.45) is 0 Å². The Morgan fingerprint density at radius 3 is 2.68 bits per heavy atom. The van der Waals surface area contributed by atoms with Gasteiger partial charge in [0.1, 0.15) is 17.6 Å². The molecule has 22 heavy (non-hydrogen) atoms. The van der Waals surface area contributed by atoms with Gasteiger partial charge in [0.15, 0.2) is 0 Å². The van der Waals surface area contributed by atoms with Gasteiger partial charge < -0.3 is 19.3 Å². The molecule has 1 aromatic carbocycles. The van der Waals surface area contributed by atoms with Crippen molar-refractivity contribution in [3.63, 3.8) is 0 Å². The van der Waals surface area contributed by atoms with Crippen molar-refractivity contribution in [3.05, 3.63) is 66.4 Å². The Labute approximate surface area is 128 Å². The Hall–Kier alpha value is -2.37. The molecule has 0 amide bonds. The zero-order chi connectivity index (χ0) is 15.4. The molecule has 114 valence electrons. The van der Waals surface area contributed by atoms with E-state index < -0.39 is 5.60 Å². The van der Waals surface area contributed by atoms with E-state index in [2.05, 4.69) is 10.3 Å². The van der Waals surface area contributed by atoms with Gasteiger partial charge in [-0.2, -0.15) is 0 Å². The largest absolute Gasteiger partial charge is 0.466 e. The van der Waals surface area contributed by atoms with Gasteiger partial charge in [0, 0.05) is 18.7 Å². The summed E-state index contributed by atoms with van der Waals surface area (Å²) in [5, 5.41) is 13.5. The summed E-state index contributed by atoms with van der Waals surface area (Å²) >= 11 is 0. The Kier molecular flexibility index (Phi) is 4.09. The van der Waals surface area contributed by atoms with E-state index in [4.69, 9.17) is 8.83 Å². The van der Waals surface area contributed by atoms with E-state index in [1.54, 1.807) is 31.6 Å². The van der Waals surface area contributed by atoms with Gasteiger partial charge in [-0.3, -0.25) is 0 Å². The lowest BCUT2D eigenvalue weighted by Crippen LogP contribution is -2.34. The highest BCUT2D eigenvalue weighted by molar-refractivity contribution is 5.52. The molecule has 1 unspecified atom stereocenters. The molecule has 0 saturated carbocycles. The van der Waals surface area contributed by atoms with Crippen molar-refractivity contribution in [2.75, 3.05) is 6.54 Å². The van der Waals surface area contributed by atoms with E-state index in [9.17, 15) is 5.11 Å². The first-order chi connectivity index (χ1) is 10.6. The van der Waals surface area contributed by atoms with Crippen molar-refractivity contribution >= 4 is 0 Å². The zero-order valence-corrected chi connectivity index (χ0v) is 12.3. The molecule has 2 aromatic heterocycles. The number of nitrogens with zero attached hydrogens (tertiary/aromatic N) is 1. The lowest BCUT2D eigenvalue weighted by Gasteiger charge is -2.20. The second-order valence-corrected chi connectivity index (χ2v) is 5.36. The molecule has 0 aliphatic carbocycles. The summed E-state index contributed by atoms with van der Waals surface area (Å²) in [7, 11) is 0. The van der Waals surface area contributed by atoms with E-state index in [1.807, 2.05) is 30.3 Å². The summed E-state index contributed by atoms with van der Waals surface area (Å²) in [5.41, 5.74) is 0.667. The highest BCUT2D eigenvalue weighted by Crippen LogP contribution is 2.20. The van der Waals surface area contributed by atoms with E-state index in [0.29, 0.717) is 24.7 Å². The molecule has 3 aromatic rings. The smallest absolute Gasteiger partial charge is 0.226 e. The van der Waals surface area contributed by atoms with E-state index in [1.165, 1.54) is 0 Å². The zero-order valence-electron chi connectivity index (χ0n) is 12.3. The van der Waals surface area contributed by atoms with Crippen LogP contribution in [0.3, 0.4) is 0 Å². The number of furan rings is 1. The maximum Gasteiger partial charge on any atom is 0.226 e. The van der Waals surface area contributed by atoms with E-state index in [-0.39, 0.29) is 0 Å². The molecule has 5 heteroatoms. The van der Waals surface area contributed by atoms with Crippen LogP contribution in [0.15, 0.2) is 63.8 Å². The monoisotopic (exact) mass is 298 g/mol. The first-order valence-corrected chi connectivity index (χ1v) is 7.12. The van der Waals surface area contributed by atoms with Gasteiger partial charge in [0.2, 0.25) is 5.89 Å². The molecule has 1 atom stereocenters. The Morgan fingerprint density at radius 1 is 1.14 bits per heavy atom. The maximum atomic E-state index is 10.3. The molecule has 5 nitrogen and oxygen atoms in total. The van der Waals surface area contributed by atoms with Crippen LogP contribution in [0.2, 0.25) is 0 Å². The number of nitrogens with one attached hydrogen (secondary N) is 1. The fourth-order valence-electron chi connectivity index (χ4n) is 2.21. The summed E-state index contributed by atoms with van der Waals surface area (Å²) < 4.78 is 10.7. The van der Waals surface area contributed by atoms with Gasteiger partial charge >= 0.3 is 0 Å². The molecule has 0 spiro atoms. The Morgan fingerprint density at radius 2 is 1.95 bits per heavy atom. The Bertz CT molecular complexity index is 703. The van der Waals surface area contributed by atoms with Crippen LogP contribution in [0.1, 0.15) is 18.4 Å². The molecule has 2 N–H and O–H groups in total. The molecule has 2 heterocycles. The SMILES string of the molecule is CC(O)(CNCc1coc(-c2ccccc2)n1)c1ccco1. The third-order valence-electron chi connectivity index (χ3n) is 3.40. The number of hydrogen-bond acceptors (Lipinski definition) is 5. The minimum Gasteiger partial charge on any atom is -0.466 e. The van der Waals surface area contributed by atoms with Crippen LogP contribution in [-0.2, 0) is 12.1 Å². The minimum absolute atomic E-state index is 0.355. The van der Waals surface area contributed by atoms with Crippen LogP contribution < -0.4 is 5.32 Å². The van der Waals surface area contributed by atoms with Crippen LogP contribution in [0.25, 0.3) is 11.5 Å². The second kappa shape index (κ2) is 6.17. The molecule has 0 saturated heterocycles. The number of oxazole rings is 1. The highest BCUT2D eigenvalue weighted by Gasteiger charge is 2.25. The molecule has 3 rings (SSSR count). The van der Waals surface area contributed by atoms with Crippen molar-refractivity contribution in [2.45, 2.75) is 19.1 Å². The molecule has 0 aliphatic rings. The quantitative estimate of drug-likeness (QED) is 0.732. The van der Waals surface area contributed by atoms with Crippen LogP contribution in [0.5, 0.6) is 0 Å². The summed E-state index contributed by atoms with van der Waals surface area (Å²) in [6.07, 6.45) is 3.17. The van der Waals surface area contributed by atoms with Crippen LogP contribution in [0.4, 0.5) is 0 Å². The average molecular weight is 298 g/mol. The fraction of sp³-hybridized carbons (Fsp3) is 0.235. The predicted molar refractivity (Wildman–Crippen MR) is 81.9 cm³/mol. The summed E-state index contributed by atoms with van der Waals surface area (Å²) in [6, 6.07) is 13.2. The lowest BCUT2D eigenvalue weighted by atomic mass is 10.0. The standard InChI is InChI=1S/C17H18N2O3/c1-17(20,15-8-5-9-21-15)12-18-10-14-11-22-16(19-14)13-6-3-2-4-7-13/h2-9,11,18,20H,10,12H2,1H3. The van der Waals surface area contributed by atoms with Gasteiger partial charge in [-0.1, -0.05) is 18.2 Å². The van der Waals surface area contributed by atoms with E-state index >= 15 is 0 Å². The lowest BCUT2D eigenvalue weighted by molar-refractivity contribution is 0.0339. The number of benzene rings is 1. The van der Waals surface area contributed by atoms with Crippen LogP contribution >= 0.6 is 0 Å². The molecule has 0 bridgehead atoms. The van der Waals surface area contributed by atoms with Gasteiger partial charge in [-0.15, -0.1) is 0 Å². The second-order valence-electron chi connectivity index (χ2n) is 5.36. The molecule has 0 aliphatic heterocycles. The van der Waals surface area contributed by atoms with Crippen LogP contribution in [-0.4, -0.2) is 16.6 Å². The number of rotatable bonds is 6. The first-order valence-electron chi connectivity index (χ1n) is 7.12. The maximum absolute atomic E-state index is 10.3. The topological polar surface area (TPSA) is 71.4 Å². The number of aromatic nitrogens is 1. The summed E-state index contributed by atoms with van der Waals surface area (Å²) in [6.45, 7) is 2.57. The number of aliphatic hydroxyl groups is 1. The molecular weight excluding hydrogens is 280 g/mol. The third-order valence-corrected chi connectivity index (χ3v) is 3.40. The van der Waals surface area contributed by atoms with Crippen molar-refractivity contribution in [3.8, 4) is 11.5 Å². The van der Waals surface area contributed by atoms with Gasteiger partial charge in [0.25, 0.3) is 0 Å². The number of hydrogen-bond donors (Lipinski definition) is 2. The molecular formula is C17H18N2O3. The predicted octanol–water partition coefficient (Wildman–Crippen LogP) is 2.93. The first kappa shape index (κ1) is 14.6.